The van der Waals surface area contributed by atoms with Crippen LogP contribution < -0.4 is 22.3 Å². The summed E-state index contributed by atoms with van der Waals surface area (Å²) in [6, 6.07) is -0.540. The van der Waals surface area contributed by atoms with Crippen molar-refractivity contribution >= 4 is 12.6 Å². The molecule has 0 amide bonds. The van der Waals surface area contributed by atoms with E-state index < -0.39 is 0 Å². The van der Waals surface area contributed by atoms with E-state index >= 15 is 0 Å². The Bertz CT molecular complexity index is 192. The molecule has 0 aromatic rings. The third-order valence-electron chi connectivity index (χ3n) is 2.72. The van der Waals surface area contributed by atoms with E-state index in [0.717, 1.165) is 51.1 Å². The summed E-state index contributed by atoms with van der Waals surface area (Å²) in [5, 5.41) is 0. The van der Waals surface area contributed by atoms with E-state index in [1.54, 1.807) is 0 Å². The molecular weight excluding hydrogens is 232 g/mol. The lowest BCUT2D eigenvalue weighted by Gasteiger charge is -2.17. The molecule has 0 aromatic heterocycles. The first kappa shape index (κ1) is 17.2. The van der Waals surface area contributed by atoms with Gasteiger partial charge in [0, 0.05) is 0 Å². The van der Waals surface area contributed by atoms with Gasteiger partial charge in [0.15, 0.2) is 0 Å². The molecule has 6 heteroatoms. The van der Waals surface area contributed by atoms with Crippen molar-refractivity contribution in [1.29, 1.82) is 0 Å². The van der Waals surface area contributed by atoms with E-state index in [1.165, 1.54) is 0 Å². The predicted octanol–water partition coefficient (Wildman–Crippen LogP) is -0.526. The summed E-state index contributed by atoms with van der Waals surface area (Å²) < 4.78 is 0. The van der Waals surface area contributed by atoms with Gasteiger partial charge in [-0.2, -0.15) is 0 Å². The van der Waals surface area contributed by atoms with E-state index in [-0.39, 0.29) is 12.1 Å². The van der Waals surface area contributed by atoms with Gasteiger partial charge >= 0.3 is 0 Å². The molecule has 0 bridgehead atoms. The van der Waals surface area contributed by atoms with Crippen LogP contribution in [0, 0.1) is 0 Å². The standard InChI is InChI=1S/C12H26N4O2/c13-7-3-1-5-11(9-17)15-16-12(10-18)6-2-4-8-14/h9-12,15-16H,1-8,13-14H2/t11-,12-/m0/s1. The van der Waals surface area contributed by atoms with Crippen molar-refractivity contribution in [2.24, 2.45) is 11.5 Å². The van der Waals surface area contributed by atoms with Gasteiger partial charge in [-0.1, -0.05) is 12.8 Å². The monoisotopic (exact) mass is 258 g/mol. The van der Waals surface area contributed by atoms with Crippen LogP contribution in [0.2, 0.25) is 0 Å². The third-order valence-corrected chi connectivity index (χ3v) is 2.72. The molecule has 0 saturated carbocycles. The highest BCUT2D eigenvalue weighted by Gasteiger charge is 2.10. The second kappa shape index (κ2) is 12.6. The highest BCUT2D eigenvalue weighted by atomic mass is 16.1. The summed E-state index contributed by atoms with van der Waals surface area (Å²) >= 11 is 0. The first-order valence-corrected chi connectivity index (χ1v) is 6.60. The fourth-order valence-electron chi connectivity index (χ4n) is 1.58. The van der Waals surface area contributed by atoms with Crippen molar-refractivity contribution < 1.29 is 9.59 Å². The molecule has 2 atom stereocenters. The van der Waals surface area contributed by atoms with Crippen molar-refractivity contribution in [1.82, 2.24) is 10.9 Å². The number of hydrogen-bond donors (Lipinski definition) is 4. The summed E-state index contributed by atoms with van der Waals surface area (Å²) in [6.07, 6.45) is 6.75. The van der Waals surface area contributed by atoms with Gasteiger partial charge in [-0.25, -0.2) is 10.9 Å². The van der Waals surface area contributed by atoms with Gasteiger partial charge < -0.3 is 21.1 Å². The Hall–Kier alpha value is -0.820. The van der Waals surface area contributed by atoms with Gasteiger partial charge in [0.25, 0.3) is 0 Å². The number of hydrazine groups is 1. The van der Waals surface area contributed by atoms with Crippen LogP contribution in [-0.2, 0) is 9.59 Å². The van der Waals surface area contributed by atoms with Crippen molar-refractivity contribution in [3.05, 3.63) is 0 Å². The van der Waals surface area contributed by atoms with Crippen molar-refractivity contribution in [3.8, 4) is 0 Å². The maximum absolute atomic E-state index is 10.8. The van der Waals surface area contributed by atoms with Crippen LogP contribution in [0.5, 0.6) is 0 Å². The highest BCUT2D eigenvalue weighted by Crippen LogP contribution is 1.99. The summed E-state index contributed by atoms with van der Waals surface area (Å²) in [7, 11) is 0. The molecule has 0 rings (SSSR count). The molecule has 0 aliphatic carbocycles. The van der Waals surface area contributed by atoms with E-state index in [0.29, 0.717) is 13.1 Å². The second-order valence-corrected chi connectivity index (χ2v) is 4.34. The van der Waals surface area contributed by atoms with Crippen molar-refractivity contribution in [3.63, 3.8) is 0 Å². The van der Waals surface area contributed by atoms with Crippen LogP contribution in [0.25, 0.3) is 0 Å². The number of rotatable bonds is 13. The van der Waals surface area contributed by atoms with Crippen molar-refractivity contribution in [2.75, 3.05) is 13.1 Å². The Labute approximate surface area is 109 Å². The maximum Gasteiger partial charge on any atom is 0.138 e. The van der Waals surface area contributed by atoms with Gasteiger partial charge in [-0.05, 0) is 38.8 Å². The molecule has 0 aliphatic rings. The molecule has 0 radical (unpaired) electrons. The summed E-state index contributed by atoms with van der Waals surface area (Å²) in [5.74, 6) is 0. The maximum atomic E-state index is 10.8. The molecule has 18 heavy (non-hydrogen) atoms. The number of nitrogens with two attached hydrogens (primary N) is 2. The van der Waals surface area contributed by atoms with Gasteiger partial charge in [-0.15, -0.1) is 0 Å². The first-order valence-electron chi connectivity index (χ1n) is 6.60. The normalized spacial score (nSPS) is 14.1. The Morgan fingerprint density at radius 2 is 1.17 bits per heavy atom. The lowest BCUT2D eigenvalue weighted by Crippen LogP contribution is -2.48. The van der Waals surface area contributed by atoms with Crippen LogP contribution in [0.4, 0.5) is 0 Å². The Morgan fingerprint density at radius 1 is 0.778 bits per heavy atom. The van der Waals surface area contributed by atoms with E-state index in [9.17, 15) is 9.59 Å². The number of aldehydes is 2. The van der Waals surface area contributed by atoms with E-state index in [2.05, 4.69) is 10.9 Å². The lowest BCUT2D eigenvalue weighted by molar-refractivity contribution is -0.112. The topological polar surface area (TPSA) is 110 Å². The average molecular weight is 258 g/mol. The van der Waals surface area contributed by atoms with E-state index in [1.807, 2.05) is 0 Å². The van der Waals surface area contributed by atoms with Crippen LogP contribution in [0.3, 0.4) is 0 Å². The zero-order valence-corrected chi connectivity index (χ0v) is 10.9. The number of unbranched alkanes of at least 4 members (excludes halogenated alkanes) is 2. The summed E-state index contributed by atoms with van der Waals surface area (Å²) in [5.41, 5.74) is 16.5. The minimum Gasteiger partial charge on any atom is -0.330 e. The minimum atomic E-state index is -0.270. The van der Waals surface area contributed by atoms with Crippen LogP contribution >= 0.6 is 0 Å². The lowest BCUT2D eigenvalue weighted by atomic mass is 10.1. The summed E-state index contributed by atoms with van der Waals surface area (Å²) in [4.78, 5) is 21.6. The number of hydrogen-bond acceptors (Lipinski definition) is 6. The zero-order chi connectivity index (χ0) is 13.6. The third kappa shape index (κ3) is 9.23. The Morgan fingerprint density at radius 3 is 1.44 bits per heavy atom. The molecule has 6 N–H and O–H groups in total. The molecule has 0 saturated heterocycles. The quantitative estimate of drug-likeness (QED) is 0.201. The molecule has 0 spiro atoms. The minimum absolute atomic E-state index is 0.270. The molecule has 106 valence electrons. The molecule has 0 aromatic carbocycles. The number of carbonyl (C=O) groups is 2. The molecule has 0 heterocycles. The van der Waals surface area contributed by atoms with Gasteiger partial charge in [0.1, 0.15) is 12.6 Å². The Balaban J connectivity index is 3.77. The molecule has 0 fully saturated rings. The van der Waals surface area contributed by atoms with Crippen LogP contribution in [0.15, 0.2) is 0 Å². The fourth-order valence-corrected chi connectivity index (χ4v) is 1.58. The highest BCUT2D eigenvalue weighted by molar-refractivity contribution is 5.59. The predicted molar refractivity (Wildman–Crippen MR) is 71.8 cm³/mol. The van der Waals surface area contributed by atoms with Gasteiger partial charge in [-0.3, -0.25) is 0 Å². The first-order chi connectivity index (χ1) is 8.78. The number of nitrogens with one attached hydrogen (secondary N) is 2. The second-order valence-electron chi connectivity index (χ2n) is 4.34. The van der Waals surface area contributed by atoms with Crippen LogP contribution in [0.1, 0.15) is 38.5 Å². The summed E-state index contributed by atoms with van der Waals surface area (Å²) in [6.45, 7) is 1.27. The van der Waals surface area contributed by atoms with Crippen molar-refractivity contribution in [2.45, 2.75) is 50.6 Å². The zero-order valence-electron chi connectivity index (χ0n) is 10.9. The smallest absolute Gasteiger partial charge is 0.138 e. The number of carbonyl (C=O) groups excluding carboxylic acids is 2. The van der Waals surface area contributed by atoms with Crippen LogP contribution in [-0.4, -0.2) is 37.7 Å². The molecular formula is C12H26N4O2. The fraction of sp³-hybridized carbons (Fsp3) is 0.833. The molecule has 6 nitrogen and oxygen atoms in total. The van der Waals surface area contributed by atoms with E-state index in [4.69, 9.17) is 11.5 Å². The average Bonchev–Trinajstić information content (AvgIpc) is 2.40. The molecule has 0 aliphatic heterocycles. The SMILES string of the molecule is NCCCC[C@@H](C=O)NN[C@H](C=O)CCCCN. The van der Waals surface area contributed by atoms with Gasteiger partial charge in [0.05, 0.1) is 12.1 Å². The Kier molecular flexibility index (Phi) is 12.1. The van der Waals surface area contributed by atoms with Gasteiger partial charge in [0.2, 0.25) is 0 Å². The molecule has 0 unspecified atom stereocenters. The largest absolute Gasteiger partial charge is 0.330 e.